The molecule has 2 aliphatic heterocycles. The monoisotopic (exact) mass is 379 g/mol. The van der Waals surface area contributed by atoms with Gasteiger partial charge in [-0.1, -0.05) is 36.8 Å². The summed E-state index contributed by atoms with van der Waals surface area (Å²) in [5.74, 6) is 0.559. The molecular weight excluding hydrogens is 354 g/mol. The summed E-state index contributed by atoms with van der Waals surface area (Å²) in [4.78, 5) is 31.8. The second-order valence-corrected chi connectivity index (χ2v) is 8.07. The van der Waals surface area contributed by atoms with Crippen LogP contribution in [0.2, 0.25) is 0 Å². The Balaban J connectivity index is 1.42. The molecule has 1 amide bonds. The number of imidazole rings is 1. The average Bonchev–Trinajstić information content (AvgIpc) is 3.44. The first-order valence-corrected chi connectivity index (χ1v) is 10.4. The number of carbonyl (C=O) groups excluding carboxylic acids is 2. The van der Waals surface area contributed by atoms with E-state index in [0.717, 1.165) is 62.2 Å². The Hall–Kier alpha value is -2.63. The highest BCUT2D eigenvalue weighted by molar-refractivity contribution is 5.90. The van der Waals surface area contributed by atoms with Gasteiger partial charge in [0.15, 0.2) is 5.69 Å². The number of nitrogens with zero attached hydrogens (tertiary/aromatic N) is 3. The van der Waals surface area contributed by atoms with Crippen molar-refractivity contribution in [1.82, 2.24) is 14.5 Å². The average molecular weight is 379 g/mol. The number of rotatable bonds is 4. The first kappa shape index (κ1) is 17.5. The molecule has 1 saturated carbocycles. The molecule has 1 aromatic heterocycles. The van der Waals surface area contributed by atoms with Crippen LogP contribution in [0, 0.1) is 0 Å². The van der Waals surface area contributed by atoms with Crippen LogP contribution in [0.5, 0.6) is 0 Å². The van der Waals surface area contributed by atoms with Gasteiger partial charge in [0.1, 0.15) is 11.9 Å². The van der Waals surface area contributed by atoms with Crippen molar-refractivity contribution in [3.05, 3.63) is 41.7 Å². The summed E-state index contributed by atoms with van der Waals surface area (Å²) >= 11 is 0. The van der Waals surface area contributed by atoms with Crippen molar-refractivity contribution in [2.24, 2.45) is 0 Å². The van der Waals surface area contributed by atoms with E-state index in [4.69, 9.17) is 9.72 Å². The van der Waals surface area contributed by atoms with E-state index in [9.17, 15) is 9.59 Å². The van der Waals surface area contributed by atoms with E-state index in [1.165, 1.54) is 0 Å². The maximum absolute atomic E-state index is 13.0. The Morgan fingerprint density at radius 3 is 2.71 bits per heavy atom. The first-order chi connectivity index (χ1) is 13.7. The molecule has 0 bridgehead atoms. The third kappa shape index (κ3) is 3.21. The van der Waals surface area contributed by atoms with Gasteiger partial charge in [0.25, 0.3) is 0 Å². The highest BCUT2D eigenvalue weighted by Gasteiger charge is 2.41. The molecule has 0 N–H and O–H groups in total. The highest BCUT2D eigenvalue weighted by atomic mass is 16.5. The Morgan fingerprint density at radius 1 is 1.11 bits per heavy atom. The van der Waals surface area contributed by atoms with Gasteiger partial charge in [0.05, 0.1) is 18.7 Å². The smallest absolute Gasteiger partial charge is 0.359 e. The minimum Gasteiger partial charge on any atom is -0.455 e. The van der Waals surface area contributed by atoms with Crippen LogP contribution in [0.25, 0.3) is 11.4 Å². The van der Waals surface area contributed by atoms with Crippen LogP contribution in [-0.2, 0) is 22.5 Å². The number of hydrogen-bond donors (Lipinski definition) is 0. The largest absolute Gasteiger partial charge is 0.455 e. The highest BCUT2D eigenvalue weighted by Crippen LogP contribution is 2.32. The summed E-state index contributed by atoms with van der Waals surface area (Å²) in [6.07, 6.45) is 6.21. The number of esters is 1. The van der Waals surface area contributed by atoms with E-state index in [1.54, 1.807) is 0 Å². The Labute approximate surface area is 164 Å². The molecule has 1 saturated heterocycles. The van der Waals surface area contributed by atoms with Crippen molar-refractivity contribution in [1.29, 1.82) is 0 Å². The molecule has 28 heavy (non-hydrogen) atoms. The van der Waals surface area contributed by atoms with Crippen LogP contribution in [0.4, 0.5) is 0 Å². The van der Waals surface area contributed by atoms with E-state index >= 15 is 0 Å². The summed E-state index contributed by atoms with van der Waals surface area (Å²) in [5, 5.41) is 0. The van der Waals surface area contributed by atoms with Gasteiger partial charge in [0.2, 0.25) is 5.91 Å². The standard InChI is InChI=1S/C22H25N3O3/c26-19-13-17(14-25(19)16-10-11-16)28-22(27)20-18-9-5-2-6-12-24(18)21(23-20)15-7-3-1-4-8-15/h1,3-4,7-8,16-17H,2,5-6,9-14H2. The molecule has 3 aliphatic rings. The molecule has 2 fully saturated rings. The van der Waals surface area contributed by atoms with Gasteiger partial charge in [-0.05, 0) is 32.1 Å². The van der Waals surface area contributed by atoms with Crippen molar-refractivity contribution in [2.45, 2.75) is 63.6 Å². The third-order valence-electron chi connectivity index (χ3n) is 5.98. The fourth-order valence-corrected chi connectivity index (χ4v) is 4.41. The number of hydrogen-bond acceptors (Lipinski definition) is 4. The molecule has 0 radical (unpaired) electrons. The zero-order valence-corrected chi connectivity index (χ0v) is 16.0. The van der Waals surface area contributed by atoms with Gasteiger partial charge < -0.3 is 14.2 Å². The number of benzene rings is 1. The second kappa shape index (κ2) is 7.08. The van der Waals surface area contributed by atoms with Crippen molar-refractivity contribution >= 4 is 11.9 Å². The van der Waals surface area contributed by atoms with Gasteiger partial charge in [-0.2, -0.15) is 0 Å². The van der Waals surface area contributed by atoms with Gasteiger partial charge >= 0.3 is 5.97 Å². The zero-order chi connectivity index (χ0) is 19.1. The lowest BCUT2D eigenvalue weighted by molar-refractivity contribution is -0.128. The molecule has 5 rings (SSSR count). The van der Waals surface area contributed by atoms with Crippen molar-refractivity contribution in [3.8, 4) is 11.4 Å². The summed E-state index contributed by atoms with van der Waals surface area (Å²) < 4.78 is 7.94. The third-order valence-corrected chi connectivity index (χ3v) is 5.98. The molecular formula is C22H25N3O3. The molecule has 2 aromatic rings. The normalized spacial score (nSPS) is 22.1. The van der Waals surface area contributed by atoms with Crippen LogP contribution in [0.1, 0.15) is 54.7 Å². The Bertz CT molecular complexity index is 901. The van der Waals surface area contributed by atoms with Gasteiger partial charge in [0, 0.05) is 18.2 Å². The Kier molecular flexibility index (Phi) is 4.41. The molecule has 146 valence electrons. The lowest BCUT2D eigenvalue weighted by atomic mass is 10.1. The molecule has 3 heterocycles. The summed E-state index contributed by atoms with van der Waals surface area (Å²) in [7, 11) is 0. The van der Waals surface area contributed by atoms with Crippen LogP contribution in [0.15, 0.2) is 30.3 Å². The summed E-state index contributed by atoms with van der Waals surface area (Å²) in [6.45, 7) is 1.40. The molecule has 6 nitrogen and oxygen atoms in total. The first-order valence-electron chi connectivity index (χ1n) is 10.4. The van der Waals surface area contributed by atoms with E-state index in [1.807, 2.05) is 35.2 Å². The summed E-state index contributed by atoms with van der Waals surface area (Å²) in [6, 6.07) is 10.4. The Morgan fingerprint density at radius 2 is 1.93 bits per heavy atom. The quantitative estimate of drug-likeness (QED) is 0.766. The number of ether oxygens (including phenoxy) is 1. The molecule has 1 atom stereocenters. The van der Waals surface area contributed by atoms with Gasteiger partial charge in [-0.3, -0.25) is 4.79 Å². The topological polar surface area (TPSA) is 64.4 Å². The van der Waals surface area contributed by atoms with Crippen LogP contribution in [0.3, 0.4) is 0 Å². The number of fused-ring (bicyclic) bond motifs is 1. The SMILES string of the molecule is O=C(OC1CC(=O)N(C2CC2)C1)c1nc(-c2ccccc2)n2c1CCCCC2. The van der Waals surface area contributed by atoms with E-state index in [2.05, 4.69) is 4.57 Å². The maximum Gasteiger partial charge on any atom is 0.359 e. The van der Waals surface area contributed by atoms with Crippen LogP contribution >= 0.6 is 0 Å². The van der Waals surface area contributed by atoms with Crippen LogP contribution in [-0.4, -0.2) is 45.0 Å². The van der Waals surface area contributed by atoms with Crippen molar-refractivity contribution in [2.75, 3.05) is 6.54 Å². The lowest BCUT2D eigenvalue weighted by Gasteiger charge is -2.15. The number of likely N-dealkylation sites (tertiary alicyclic amines) is 1. The number of amides is 1. The van der Waals surface area contributed by atoms with E-state index in [-0.39, 0.29) is 18.0 Å². The maximum atomic E-state index is 13.0. The predicted molar refractivity (Wildman–Crippen MR) is 104 cm³/mol. The van der Waals surface area contributed by atoms with Gasteiger partial charge in [-0.25, -0.2) is 9.78 Å². The number of carbonyl (C=O) groups is 2. The van der Waals surface area contributed by atoms with Crippen molar-refractivity contribution in [3.63, 3.8) is 0 Å². The molecule has 1 aliphatic carbocycles. The second-order valence-electron chi connectivity index (χ2n) is 8.07. The van der Waals surface area contributed by atoms with Crippen molar-refractivity contribution < 1.29 is 14.3 Å². The van der Waals surface area contributed by atoms with E-state index < -0.39 is 0 Å². The molecule has 6 heteroatoms. The minimum atomic E-state index is -0.386. The fraction of sp³-hybridized carbons (Fsp3) is 0.500. The fourth-order valence-electron chi connectivity index (χ4n) is 4.41. The van der Waals surface area contributed by atoms with E-state index in [0.29, 0.717) is 24.7 Å². The summed E-state index contributed by atoms with van der Waals surface area (Å²) in [5.41, 5.74) is 2.42. The predicted octanol–water partition coefficient (Wildman–Crippen LogP) is 3.20. The van der Waals surface area contributed by atoms with Gasteiger partial charge in [-0.15, -0.1) is 0 Å². The molecule has 1 unspecified atom stereocenters. The van der Waals surface area contributed by atoms with Crippen LogP contribution < -0.4 is 0 Å². The number of aromatic nitrogens is 2. The molecule has 1 aromatic carbocycles. The molecule has 0 spiro atoms. The lowest BCUT2D eigenvalue weighted by Crippen LogP contribution is -2.29. The minimum absolute atomic E-state index is 0.106. The zero-order valence-electron chi connectivity index (χ0n) is 16.0.